The molecule has 0 bridgehead atoms. The Kier molecular flexibility index (Phi) is 8.00. The van der Waals surface area contributed by atoms with Crippen molar-refractivity contribution >= 4 is 27.5 Å². The highest BCUT2D eigenvalue weighted by atomic mass is 35.5. The highest BCUT2D eigenvalue weighted by Crippen LogP contribution is 2.38. The van der Waals surface area contributed by atoms with E-state index in [-0.39, 0.29) is 36.9 Å². The Morgan fingerprint density at radius 2 is 1.74 bits per heavy atom. The maximum atomic E-state index is 14.4. The molecule has 0 aromatic heterocycles. The molecule has 2 saturated heterocycles. The first kappa shape index (κ1) is 25.9. The molecule has 7 nitrogen and oxygen atoms in total. The SMILES string of the molecule is CN1CCN(C(=O)C[C@]2(COc3ccc(Cl)cc3)CCCN(S(=O)(=O)c3ccccc3F)C2)CC1. The van der Waals surface area contributed by atoms with Crippen LogP contribution < -0.4 is 4.74 Å². The summed E-state index contributed by atoms with van der Waals surface area (Å²) in [5.41, 5.74) is -0.739. The molecule has 10 heteroatoms. The predicted molar refractivity (Wildman–Crippen MR) is 132 cm³/mol. The van der Waals surface area contributed by atoms with Crippen LogP contribution in [0.15, 0.2) is 53.4 Å². The lowest BCUT2D eigenvalue weighted by Gasteiger charge is -2.43. The van der Waals surface area contributed by atoms with Crippen LogP contribution in [0, 0.1) is 11.2 Å². The lowest BCUT2D eigenvalue weighted by Crippen LogP contribution is -2.53. The largest absolute Gasteiger partial charge is 0.493 e. The number of piperidine rings is 1. The van der Waals surface area contributed by atoms with E-state index in [0.29, 0.717) is 36.7 Å². The van der Waals surface area contributed by atoms with Crippen molar-refractivity contribution in [2.24, 2.45) is 5.41 Å². The number of likely N-dealkylation sites (N-methyl/N-ethyl adjacent to an activating group) is 1. The number of amides is 1. The third-order valence-corrected chi connectivity index (χ3v) is 8.95. The fourth-order valence-electron chi connectivity index (χ4n) is 4.73. The molecule has 0 unspecified atom stereocenters. The summed E-state index contributed by atoms with van der Waals surface area (Å²) in [6.45, 7) is 3.39. The molecule has 2 aromatic carbocycles. The minimum absolute atomic E-state index is 0.0112. The molecule has 2 aromatic rings. The van der Waals surface area contributed by atoms with Crippen LogP contribution in [-0.2, 0) is 14.8 Å². The van der Waals surface area contributed by atoms with Gasteiger partial charge in [-0.3, -0.25) is 4.79 Å². The van der Waals surface area contributed by atoms with E-state index in [9.17, 15) is 17.6 Å². The third-order valence-electron chi connectivity index (χ3n) is 6.82. The number of carbonyl (C=O) groups is 1. The third kappa shape index (κ3) is 6.14. The smallest absolute Gasteiger partial charge is 0.246 e. The molecule has 2 fully saturated rings. The molecular weight excluding hydrogens is 493 g/mol. The standard InChI is InChI=1S/C25H31ClFN3O4S/c1-28-13-15-29(16-14-28)24(31)17-25(19-34-21-9-7-20(26)8-10-21)11-4-12-30(18-25)35(32,33)23-6-3-2-5-22(23)27/h2-3,5-10H,4,11-19H2,1H3/t25-/m1/s1. The summed E-state index contributed by atoms with van der Waals surface area (Å²) in [5, 5.41) is 0.581. The zero-order valence-electron chi connectivity index (χ0n) is 19.8. The van der Waals surface area contributed by atoms with Crippen LogP contribution in [0.25, 0.3) is 0 Å². The summed E-state index contributed by atoms with van der Waals surface area (Å²) >= 11 is 5.98. The van der Waals surface area contributed by atoms with Crippen LogP contribution in [0.5, 0.6) is 5.75 Å². The normalized spacial score (nSPS) is 22.2. The molecule has 190 valence electrons. The van der Waals surface area contributed by atoms with Crippen LogP contribution in [0.1, 0.15) is 19.3 Å². The number of benzene rings is 2. The summed E-state index contributed by atoms with van der Waals surface area (Å²) in [6, 6.07) is 12.3. The Morgan fingerprint density at radius 3 is 2.43 bits per heavy atom. The number of nitrogens with zero attached hydrogens (tertiary/aromatic N) is 3. The van der Waals surface area contributed by atoms with E-state index in [4.69, 9.17) is 16.3 Å². The molecule has 0 radical (unpaired) electrons. The van der Waals surface area contributed by atoms with Crippen molar-refractivity contribution in [3.05, 3.63) is 59.4 Å². The van der Waals surface area contributed by atoms with Crippen molar-refractivity contribution in [1.29, 1.82) is 0 Å². The topological polar surface area (TPSA) is 70.2 Å². The first-order valence-electron chi connectivity index (χ1n) is 11.8. The number of piperazine rings is 1. The zero-order chi connectivity index (χ0) is 25.1. The quantitative estimate of drug-likeness (QED) is 0.555. The average molecular weight is 524 g/mol. The molecule has 2 aliphatic rings. The lowest BCUT2D eigenvalue weighted by molar-refractivity contribution is -0.136. The second-order valence-corrected chi connectivity index (χ2v) is 11.8. The summed E-state index contributed by atoms with van der Waals surface area (Å²) in [7, 11) is -2.04. The number of hydrogen-bond acceptors (Lipinski definition) is 5. The van der Waals surface area contributed by atoms with E-state index in [1.54, 1.807) is 24.3 Å². The number of hydrogen-bond donors (Lipinski definition) is 0. The van der Waals surface area contributed by atoms with Gasteiger partial charge in [-0.2, -0.15) is 4.31 Å². The molecule has 35 heavy (non-hydrogen) atoms. The van der Waals surface area contributed by atoms with Gasteiger partial charge in [0.2, 0.25) is 15.9 Å². The molecule has 1 amide bonds. The number of halogens is 2. The van der Waals surface area contributed by atoms with Gasteiger partial charge in [0.25, 0.3) is 0 Å². The van der Waals surface area contributed by atoms with E-state index < -0.39 is 21.3 Å². The first-order chi connectivity index (χ1) is 16.7. The lowest BCUT2D eigenvalue weighted by atomic mass is 9.78. The summed E-state index contributed by atoms with van der Waals surface area (Å²) in [6.07, 6.45) is 1.34. The molecule has 0 spiro atoms. The van der Waals surface area contributed by atoms with Crippen LogP contribution in [-0.4, -0.2) is 81.4 Å². The van der Waals surface area contributed by atoms with Crippen molar-refractivity contribution in [2.45, 2.75) is 24.2 Å². The minimum Gasteiger partial charge on any atom is -0.493 e. The van der Waals surface area contributed by atoms with Gasteiger partial charge in [0.05, 0.1) is 6.61 Å². The van der Waals surface area contributed by atoms with Gasteiger partial charge in [-0.05, 0) is 56.3 Å². The zero-order valence-corrected chi connectivity index (χ0v) is 21.4. The van der Waals surface area contributed by atoms with Crippen molar-refractivity contribution in [1.82, 2.24) is 14.1 Å². The molecular formula is C25H31ClFN3O4S. The fourth-order valence-corrected chi connectivity index (χ4v) is 6.51. The van der Waals surface area contributed by atoms with Crippen LogP contribution in [0.4, 0.5) is 4.39 Å². The molecule has 0 saturated carbocycles. The number of rotatable bonds is 7. The van der Waals surface area contributed by atoms with Crippen molar-refractivity contribution in [3.63, 3.8) is 0 Å². The van der Waals surface area contributed by atoms with E-state index in [1.807, 2.05) is 11.9 Å². The number of ether oxygens (including phenoxy) is 1. The van der Waals surface area contributed by atoms with Gasteiger partial charge in [0.15, 0.2) is 0 Å². The maximum Gasteiger partial charge on any atom is 0.246 e. The highest BCUT2D eigenvalue weighted by Gasteiger charge is 2.43. The van der Waals surface area contributed by atoms with Gasteiger partial charge in [0.1, 0.15) is 16.5 Å². The summed E-state index contributed by atoms with van der Waals surface area (Å²) in [5.74, 6) is -0.201. The monoisotopic (exact) mass is 523 g/mol. The van der Waals surface area contributed by atoms with E-state index in [1.165, 1.54) is 22.5 Å². The Balaban J connectivity index is 1.58. The minimum atomic E-state index is -4.07. The Labute approximate surface area is 211 Å². The summed E-state index contributed by atoms with van der Waals surface area (Å²) in [4.78, 5) is 17.0. The van der Waals surface area contributed by atoms with Gasteiger partial charge >= 0.3 is 0 Å². The fraction of sp³-hybridized carbons (Fsp3) is 0.480. The Hall–Kier alpha value is -2.20. The van der Waals surface area contributed by atoms with Crippen molar-refractivity contribution < 1.29 is 22.3 Å². The summed E-state index contributed by atoms with van der Waals surface area (Å²) < 4.78 is 48.5. The van der Waals surface area contributed by atoms with E-state index in [0.717, 1.165) is 19.2 Å². The molecule has 0 N–H and O–H groups in total. The molecule has 0 aliphatic carbocycles. The molecule has 2 heterocycles. The van der Waals surface area contributed by atoms with Crippen molar-refractivity contribution in [2.75, 3.05) is 52.9 Å². The second-order valence-electron chi connectivity index (χ2n) is 9.48. The maximum absolute atomic E-state index is 14.4. The van der Waals surface area contributed by atoms with Gasteiger partial charge in [-0.25, -0.2) is 12.8 Å². The van der Waals surface area contributed by atoms with E-state index in [2.05, 4.69) is 4.90 Å². The second kappa shape index (κ2) is 10.8. The predicted octanol–water partition coefficient (Wildman–Crippen LogP) is 3.49. The van der Waals surface area contributed by atoms with Gasteiger partial charge in [-0.15, -0.1) is 0 Å². The average Bonchev–Trinajstić information content (AvgIpc) is 2.84. The van der Waals surface area contributed by atoms with Crippen LogP contribution >= 0.6 is 11.6 Å². The first-order valence-corrected chi connectivity index (χ1v) is 13.6. The highest BCUT2D eigenvalue weighted by molar-refractivity contribution is 7.89. The number of carbonyl (C=O) groups excluding carboxylic acids is 1. The van der Waals surface area contributed by atoms with Gasteiger partial charge < -0.3 is 14.5 Å². The van der Waals surface area contributed by atoms with Crippen LogP contribution in [0.3, 0.4) is 0 Å². The molecule has 4 rings (SSSR count). The van der Waals surface area contributed by atoms with Gasteiger partial charge in [-0.1, -0.05) is 23.7 Å². The van der Waals surface area contributed by atoms with Crippen molar-refractivity contribution in [3.8, 4) is 5.75 Å². The Morgan fingerprint density at radius 1 is 1.06 bits per heavy atom. The van der Waals surface area contributed by atoms with E-state index >= 15 is 0 Å². The van der Waals surface area contributed by atoms with Crippen LogP contribution in [0.2, 0.25) is 5.02 Å². The number of sulfonamides is 1. The van der Waals surface area contributed by atoms with Gasteiger partial charge in [0, 0.05) is 56.1 Å². The molecule has 1 atom stereocenters. The Bertz CT molecular complexity index is 1140. The molecule has 2 aliphatic heterocycles.